The average molecular weight is 406 g/mol. The first-order chi connectivity index (χ1) is 14.6. The molecule has 5 rings (SSSR count). The highest BCUT2D eigenvalue weighted by molar-refractivity contribution is 5.95. The van der Waals surface area contributed by atoms with E-state index in [-0.39, 0.29) is 17.0 Å². The molecule has 2 N–H and O–H groups in total. The van der Waals surface area contributed by atoms with Crippen molar-refractivity contribution in [2.24, 2.45) is 5.92 Å². The van der Waals surface area contributed by atoms with Gasteiger partial charge in [-0.25, -0.2) is 9.49 Å². The molecule has 2 fully saturated rings. The van der Waals surface area contributed by atoms with Crippen LogP contribution in [0.5, 0.6) is 0 Å². The molecule has 1 aliphatic carbocycles. The van der Waals surface area contributed by atoms with Gasteiger partial charge >= 0.3 is 0 Å². The van der Waals surface area contributed by atoms with Crippen LogP contribution in [0.4, 0.5) is 4.39 Å². The first-order valence-electron chi connectivity index (χ1n) is 10.4. The van der Waals surface area contributed by atoms with Crippen molar-refractivity contribution in [3.63, 3.8) is 0 Å². The number of rotatable bonds is 6. The molecule has 0 bridgehead atoms. The van der Waals surface area contributed by atoms with E-state index in [9.17, 15) is 14.0 Å². The van der Waals surface area contributed by atoms with E-state index < -0.39 is 5.82 Å². The third-order valence-electron chi connectivity index (χ3n) is 5.92. The van der Waals surface area contributed by atoms with Crippen molar-refractivity contribution >= 4 is 16.7 Å². The van der Waals surface area contributed by atoms with Crippen LogP contribution in [0.25, 0.3) is 10.8 Å². The Labute approximate surface area is 173 Å². The minimum Gasteiger partial charge on any atom is -0.338 e. The highest BCUT2D eigenvalue weighted by Gasteiger charge is 2.33. The van der Waals surface area contributed by atoms with Gasteiger partial charge in [0.1, 0.15) is 5.82 Å². The van der Waals surface area contributed by atoms with E-state index in [2.05, 4.69) is 15.5 Å². The lowest BCUT2D eigenvalue weighted by atomic mass is 9.97. The Hall–Kier alpha value is -3.06. The zero-order valence-electron chi connectivity index (χ0n) is 16.5. The van der Waals surface area contributed by atoms with Crippen molar-refractivity contribution in [1.29, 1.82) is 0 Å². The minimum absolute atomic E-state index is 0.0924. The van der Waals surface area contributed by atoms with Gasteiger partial charge in [0, 0.05) is 43.4 Å². The largest absolute Gasteiger partial charge is 0.338 e. The second-order valence-electron chi connectivity index (χ2n) is 8.29. The highest BCUT2D eigenvalue weighted by atomic mass is 19.1. The van der Waals surface area contributed by atoms with Gasteiger partial charge in [0.25, 0.3) is 11.5 Å². The number of halogens is 1. The molecule has 154 valence electrons. The lowest BCUT2D eigenvalue weighted by Crippen LogP contribution is -2.53. The summed E-state index contributed by atoms with van der Waals surface area (Å²) in [4.78, 5) is 26.5. The van der Waals surface area contributed by atoms with Crippen LogP contribution >= 0.6 is 0 Å². The number of benzene rings is 2. The summed E-state index contributed by atoms with van der Waals surface area (Å²) >= 11 is 0. The molecule has 0 radical (unpaired) electrons. The maximum Gasteiger partial charge on any atom is 0.272 e. The monoisotopic (exact) mass is 406 g/mol. The Morgan fingerprint density at radius 2 is 1.93 bits per heavy atom. The molecule has 1 aromatic heterocycles. The van der Waals surface area contributed by atoms with Crippen molar-refractivity contribution in [2.45, 2.75) is 25.3 Å². The molecule has 0 spiro atoms. The highest BCUT2D eigenvalue weighted by Crippen LogP contribution is 2.24. The number of H-pyrrole nitrogens is 1. The molecule has 0 atom stereocenters. The SMILES string of the molecule is O=C(c1cc(Cc2n[nH]c(=O)c3ccccc23)ccc1F)N1CC(CNC2CC2)C1. The molecule has 0 unspecified atom stereocenters. The molecule has 1 saturated carbocycles. The summed E-state index contributed by atoms with van der Waals surface area (Å²) in [6, 6.07) is 12.5. The van der Waals surface area contributed by atoms with E-state index in [0.717, 1.165) is 17.5 Å². The Morgan fingerprint density at radius 3 is 2.70 bits per heavy atom. The number of carbonyl (C=O) groups is 1. The van der Waals surface area contributed by atoms with Gasteiger partial charge in [-0.3, -0.25) is 9.59 Å². The van der Waals surface area contributed by atoms with Gasteiger partial charge in [-0.05, 0) is 36.6 Å². The van der Waals surface area contributed by atoms with Gasteiger partial charge in [0.2, 0.25) is 0 Å². The Bertz CT molecular complexity index is 1170. The van der Waals surface area contributed by atoms with Gasteiger partial charge < -0.3 is 10.2 Å². The number of aromatic nitrogens is 2. The molecule has 1 amide bonds. The predicted octanol–water partition coefficient (Wildman–Crippen LogP) is 2.48. The standard InChI is InChI=1S/C23H23FN4O2/c24-20-8-5-14(10-21-17-3-1-2-4-18(17)22(29)27-26-21)9-19(20)23(30)28-12-15(13-28)11-25-16-6-7-16/h1-5,8-9,15-16,25H,6-7,10-13H2,(H,27,29). The normalized spacial score (nSPS) is 16.6. The number of hydrogen-bond acceptors (Lipinski definition) is 4. The number of aromatic amines is 1. The molecule has 2 aliphatic rings. The lowest BCUT2D eigenvalue weighted by molar-refractivity contribution is 0.0495. The van der Waals surface area contributed by atoms with Crippen LogP contribution in [0.3, 0.4) is 0 Å². The van der Waals surface area contributed by atoms with Crippen molar-refractivity contribution in [3.05, 3.63) is 75.5 Å². The van der Waals surface area contributed by atoms with Crippen LogP contribution in [-0.2, 0) is 6.42 Å². The zero-order chi connectivity index (χ0) is 20.7. The summed E-state index contributed by atoms with van der Waals surface area (Å²) in [6.45, 7) is 2.24. The second kappa shape index (κ2) is 7.65. The first-order valence-corrected chi connectivity index (χ1v) is 10.4. The molecule has 2 aromatic carbocycles. The molecule has 1 saturated heterocycles. The van der Waals surface area contributed by atoms with Gasteiger partial charge in [0.15, 0.2) is 0 Å². The third-order valence-corrected chi connectivity index (χ3v) is 5.92. The number of nitrogens with one attached hydrogen (secondary N) is 2. The maximum absolute atomic E-state index is 14.4. The fourth-order valence-corrected chi connectivity index (χ4v) is 4.00. The van der Waals surface area contributed by atoms with Crippen molar-refractivity contribution in [2.75, 3.05) is 19.6 Å². The molecule has 6 nitrogen and oxygen atoms in total. The summed E-state index contributed by atoms with van der Waals surface area (Å²) in [6.07, 6.45) is 2.88. The van der Waals surface area contributed by atoms with E-state index in [0.29, 0.717) is 42.6 Å². The van der Waals surface area contributed by atoms with Crippen LogP contribution in [-0.4, -0.2) is 46.7 Å². The Kier molecular flexibility index (Phi) is 4.83. The van der Waals surface area contributed by atoms with Crippen LogP contribution < -0.4 is 10.9 Å². The number of likely N-dealkylation sites (tertiary alicyclic amines) is 1. The van der Waals surface area contributed by atoms with Gasteiger partial charge in [-0.2, -0.15) is 5.10 Å². The number of carbonyl (C=O) groups excluding carboxylic acids is 1. The van der Waals surface area contributed by atoms with Crippen molar-refractivity contribution in [3.8, 4) is 0 Å². The number of nitrogens with zero attached hydrogens (tertiary/aromatic N) is 2. The molecule has 30 heavy (non-hydrogen) atoms. The fraction of sp³-hybridized carbons (Fsp3) is 0.348. The van der Waals surface area contributed by atoms with Crippen LogP contribution in [0.1, 0.15) is 34.5 Å². The van der Waals surface area contributed by atoms with Crippen molar-refractivity contribution in [1.82, 2.24) is 20.4 Å². The van der Waals surface area contributed by atoms with E-state index in [1.54, 1.807) is 29.2 Å². The van der Waals surface area contributed by atoms with Gasteiger partial charge in [-0.1, -0.05) is 24.3 Å². The Balaban J connectivity index is 1.32. The quantitative estimate of drug-likeness (QED) is 0.659. The summed E-state index contributed by atoms with van der Waals surface area (Å²) in [7, 11) is 0. The number of amides is 1. The molecule has 3 aromatic rings. The third kappa shape index (κ3) is 3.73. The summed E-state index contributed by atoms with van der Waals surface area (Å²) < 4.78 is 14.4. The zero-order valence-corrected chi connectivity index (χ0v) is 16.5. The average Bonchev–Trinajstić information content (AvgIpc) is 3.55. The fourth-order valence-electron chi connectivity index (χ4n) is 4.00. The van der Waals surface area contributed by atoms with Crippen LogP contribution in [0, 0.1) is 11.7 Å². The summed E-state index contributed by atoms with van der Waals surface area (Å²) in [5.41, 5.74) is 1.31. The minimum atomic E-state index is -0.511. The van der Waals surface area contributed by atoms with Gasteiger partial charge in [0.05, 0.1) is 16.6 Å². The first kappa shape index (κ1) is 18.9. The second-order valence-corrected chi connectivity index (χ2v) is 8.29. The molecule has 1 aliphatic heterocycles. The number of hydrogen-bond donors (Lipinski definition) is 2. The summed E-state index contributed by atoms with van der Waals surface area (Å²) in [5, 5.41) is 11.5. The Morgan fingerprint density at radius 1 is 1.17 bits per heavy atom. The van der Waals surface area contributed by atoms with E-state index >= 15 is 0 Å². The van der Waals surface area contributed by atoms with Crippen LogP contribution in [0.15, 0.2) is 47.3 Å². The van der Waals surface area contributed by atoms with E-state index in [1.165, 1.54) is 18.9 Å². The van der Waals surface area contributed by atoms with Crippen LogP contribution in [0.2, 0.25) is 0 Å². The summed E-state index contributed by atoms with van der Waals surface area (Å²) in [5.74, 6) is -0.337. The molecular formula is C23H23FN4O2. The molecule has 2 heterocycles. The van der Waals surface area contributed by atoms with E-state index in [1.807, 2.05) is 12.1 Å². The molecule has 7 heteroatoms. The smallest absolute Gasteiger partial charge is 0.272 e. The van der Waals surface area contributed by atoms with Gasteiger partial charge in [-0.15, -0.1) is 0 Å². The molecular weight excluding hydrogens is 383 g/mol. The van der Waals surface area contributed by atoms with E-state index in [4.69, 9.17) is 0 Å². The van der Waals surface area contributed by atoms with Crippen molar-refractivity contribution < 1.29 is 9.18 Å². The topological polar surface area (TPSA) is 78.1 Å². The lowest BCUT2D eigenvalue weighted by Gasteiger charge is -2.39. The predicted molar refractivity (Wildman–Crippen MR) is 112 cm³/mol. The maximum atomic E-state index is 14.4. The number of fused-ring (bicyclic) bond motifs is 1.